The highest BCUT2D eigenvalue weighted by atomic mass is 15.1. The van der Waals surface area contributed by atoms with E-state index in [1.165, 1.54) is 38.9 Å². The number of nitriles is 1. The van der Waals surface area contributed by atoms with Crippen LogP contribution in [0.3, 0.4) is 0 Å². The first kappa shape index (κ1) is 15.1. The molecule has 1 aromatic heterocycles. The van der Waals surface area contributed by atoms with Gasteiger partial charge in [-0.25, -0.2) is 0 Å². The molecule has 0 aliphatic carbocycles. The summed E-state index contributed by atoms with van der Waals surface area (Å²) in [6.45, 7) is 4.63. The van der Waals surface area contributed by atoms with Crippen molar-refractivity contribution in [3.05, 3.63) is 36.0 Å². The van der Waals surface area contributed by atoms with E-state index in [1.807, 2.05) is 24.4 Å². The predicted molar refractivity (Wildman–Crippen MR) is 89.6 cm³/mol. The Bertz CT molecular complexity index is 634. The number of rotatable bonds is 7. The highest BCUT2D eigenvalue weighted by Gasteiger charge is 2.14. The van der Waals surface area contributed by atoms with Gasteiger partial charge in [-0.2, -0.15) is 5.26 Å². The molecule has 1 fully saturated rings. The molecule has 4 nitrogen and oxygen atoms in total. The zero-order valence-corrected chi connectivity index (χ0v) is 13.0. The van der Waals surface area contributed by atoms with Gasteiger partial charge >= 0.3 is 0 Å². The number of para-hydroxylation sites is 1. The third-order valence-electron chi connectivity index (χ3n) is 4.51. The Morgan fingerprint density at radius 3 is 2.86 bits per heavy atom. The van der Waals surface area contributed by atoms with Crippen molar-refractivity contribution in [1.82, 2.24) is 15.2 Å². The van der Waals surface area contributed by atoms with Crippen molar-refractivity contribution in [3.63, 3.8) is 0 Å². The quantitative estimate of drug-likeness (QED) is 0.771. The summed E-state index contributed by atoms with van der Waals surface area (Å²) in [5.41, 5.74) is 2.14. The van der Waals surface area contributed by atoms with Gasteiger partial charge in [-0.3, -0.25) is 5.32 Å². The second kappa shape index (κ2) is 7.44. The van der Waals surface area contributed by atoms with Crippen molar-refractivity contribution in [2.75, 3.05) is 26.2 Å². The molecule has 22 heavy (non-hydrogen) atoms. The Labute approximate surface area is 132 Å². The number of unbranched alkanes of at least 4 members (excludes halogenated alkanes) is 1. The lowest BCUT2D eigenvalue weighted by Gasteiger charge is -2.15. The van der Waals surface area contributed by atoms with Crippen LogP contribution in [0, 0.1) is 11.3 Å². The van der Waals surface area contributed by atoms with E-state index in [4.69, 9.17) is 0 Å². The van der Waals surface area contributed by atoms with Crippen LogP contribution in [-0.4, -0.2) is 36.1 Å². The van der Waals surface area contributed by atoms with Crippen LogP contribution in [0.5, 0.6) is 0 Å². The SMILES string of the molecule is N#CC(NCCCCN1CCCC1)c1c[nH]c2ccccc12. The van der Waals surface area contributed by atoms with Crippen molar-refractivity contribution < 1.29 is 0 Å². The fourth-order valence-corrected chi connectivity index (χ4v) is 3.27. The van der Waals surface area contributed by atoms with Gasteiger partial charge in [0.1, 0.15) is 6.04 Å². The molecule has 0 bridgehead atoms. The molecule has 1 aliphatic heterocycles. The first-order valence-electron chi connectivity index (χ1n) is 8.30. The molecule has 0 amide bonds. The van der Waals surface area contributed by atoms with E-state index in [1.54, 1.807) is 0 Å². The molecule has 1 aromatic carbocycles. The molecule has 1 unspecified atom stereocenters. The fraction of sp³-hybridized carbons (Fsp3) is 0.500. The molecule has 1 atom stereocenters. The third-order valence-corrected chi connectivity index (χ3v) is 4.51. The van der Waals surface area contributed by atoms with Crippen LogP contribution < -0.4 is 5.32 Å². The molecule has 4 heteroatoms. The van der Waals surface area contributed by atoms with Crippen LogP contribution in [0.2, 0.25) is 0 Å². The van der Waals surface area contributed by atoms with E-state index in [0.29, 0.717) is 0 Å². The molecular formula is C18H24N4. The number of hydrogen-bond donors (Lipinski definition) is 2. The van der Waals surface area contributed by atoms with Gasteiger partial charge in [0.05, 0.1) is 6.07 Å². The maximum Gasteiger partial charge on any atom is 0.123 e. The second-order valence-electron chi connectivity index (χ2n) is 6.06. The van der Waals surface area contributed by atoms with Crippen LogP contribution in [-0.2, 0) is 0 Å². The van der Waals surface area contributed by atoms with Crippen molar-refractivity contribution in [2.24, 2.45) is 0 Å². The van der Waals surface area contributed by atoms with Crippen molar-refractivity contribution in [2.45, 2.75) is 31.7 Å². The van der Waals surface area contributed by atoms with Crippen molar-refractivity contribution in [1.29, 1.82) is 5.26 Å². The van der Waals surface area contributed by atoms with Gasteiger partial charge in [-0.05, 0) is 57.9 Å². The van der Waals surface area contributed by atoms with Crippen LogP contribution in [0.4, 0.5) is 0 Å². The Morgan fingerprint density at radius 1 is 1.23 bits per heavy atom. The summed E-state index contributed by atoms with van der Waals surface area (Å²) in [7, 11) is 0. The molecule has 2 aromatic rings. The zero-order valence-electron chi connectivity index (χ0n) is 13.0. The highest BCUT2D eigenvalue weighted by molar-refractivity contribution is 5.83. The monoisotopic (exact) mass is 296 g/mol. The van der Waals surface area contributed by atoms with Crippen molar-refractivity contribution >= 4 is 10.9 Å². The minimum atomic E-state index is -0.233. The van der Waals surface area contributed by atoms with Gasteiger partial charge < -0.3 is 9.88 Å². The first-order chi connectivity index (χ1) is 10.9. The van der Waals surface area contributed by atoms with E-state index in [0.717, 1.165) is 29.4 Å². The molecular weight excluding hydrogens is 272 g/mol. The lowest BCUT2D eigenvalue weighted by molar-refractivity contribution is 0.328. The number of aromatic amines is 1. The smallest absolute Gasteiger partial charge is 0.123 e. The lowest BCUT2D eigenvalue weighted by Crippen LogP contribution is -2.24. The standard InChI is InChI=1S/C18H24N4/c19-13-18(16-14-21-17-8-2-1-7-15(16)17)20-9-3-4-10-22-11-5-6-12-22/h1-2,7-8,14,18,20-21H,3-6,9-12H2. The van der Waals surface area contributed by atoms with Crippen LogP contribution >= 0.6 is 0 Å². The Balaban J connectivity index is 1.48. The first-order valence-corrected chi connectivity index (χ1v) is 8.30. The van der Waals surface area contributed by atoms with E-state index in [2.05, 4.69) is 27.3 Å². The van der Waals surface area contributed by atoms with Gasteiger partial charge in [0.25, 0.3) is 0 Å². The van der Waals surface area contributed by atoms with E-state index >= 15 is 0 Å². The summed E-state index contributed by atoms with van der Waals surface area (Å²) in [5, 5.41) is 14.0. The molecule has 0 spiro atoms. The fourth-order valence-electron chi connectivity index (χ4n) is 3.27. The van der Waals surface area contributed by atoms with Gasteiger partial charge in [0.2, 0.25) is 0 Å². The zero-order chi connectivity index (χ0) is 15.2. The van der Waals surface area contributed by atoms with Gasteiger partial charge in [-0.1, -0.05) is 18.2 Å². The average Bonchev–Trinajstić information content (AvgIpc) is 3.20. The molecule has 2 heterocycles. The molecule has 2 N–H and O–H groups in total. The van der Waals surface area contributed by atoms with Gasteiger partial charge in [0, 0.05) is 22.7 Å². The number of benzene rings is 1. The summed E-state index contributed by atoms with van der Waals surface area (Å²) in [5.74, 6) is 0. The molecule has 0 saturated carbocycles. The Kier molecular flexibility index (Phi) is 5.10. The molecule has 0 radical (unpaired) electrons. The largest absolute Gasteiger partial charge is 0.361 e. The number of fused-ring (bicyclic) bond motifs is 1. The molecule has 1 aliphatic rings. The predicted octanol–water partition coefficient (Wildman–Crippen LogP) is 3.20. The third kappa shape index (κ3) is 3.49. The summed E-state index contributed by atoms with van der Waals surface area (Å²) < 4.78 is 0. The Hall–Kier alpha value is -1.83. The van der Waals surface area contributed by atoms with E-state index in [-0.39, 0.29) is 6.04 Å². The number of hydrogen-bond acceptors (Lipinski definition) is 3. The number of H-pyrrole nitrogens is 1. The maximum atomic E-state index is 9.45. The van der Waals surface area contributed by atoms with Crippen molar-refractivity contribution in [3.8, 4) is 6.07 Å². The molecule has 1 saturated heterocycles. The van der Waals surface area contributed by atoms with Crippen LogP contribution in [0.1, 0.15) is 37.3 Å². The van der Waals surface area contributed by atoms with Gasteiger partial charge in [-0.15, -0.1) is 0 Å². The number of nitrogens with zero attached hydrogens (tertiary/aromatic N) is 2. The summed E-state index contributed by atoms with van der Waals surface area (Å²) in [6.07, 6.45) is 7.00. The normalized spacial score (nSPS) is 16.9. The Morgan fingerprint density at radius 2 is 2.05 bits per heavy atom. The van der Waals surface area contributed by atoms with Crippen LogP contribution in [0.15, 0.2) is 30.5 Å². The number of likely N-dealkylation sites (tertiary alicyclic amines) is 1. The van der Waals surface area contributed by atoms with Crippen LogP contribution in [0.25, 0.3) is 10.9 Å². The minimum Gasteiger partial charge on any atom is -0.361 e. The number of nitrogens with one attached hydrogen (secondary N) is 2. The lowest BCUT2D eigenvalue weighted by atomic mass is 10.1. The number of aromatic nitrogens is 1. The van der Waals surface area contributed by atoms with E-state index < -0.39 is 0 Å². The molecule has 116 valence electrons. The summed E-state index contributed by atoms with van der Waals surface area (Å²) >= 11 is 0. The minimum absolute atomic E-state index is 0.233. The van der Waals surface area contributed by atoms with Gasteiger partial charge in [0.15, 0.2) is 0 Å². The van der Waals surface area contributed by atoms with E-state index in [9.17, 15) is 5.26 Å². The second-order valence-corrected chi connectivity index (χ2v) is 6.06. The summed E-state index contributed by atoms with van der Waals surface area (Å²) in [4.78, 5) is 5.79. The summed E-state index contributed by atoms with van der Waals surface area (Å²) in [6, 6.07) is 10.3. The topological polar surface area (TPSA) is 54.9 Å². The molecule has 3 rings (SSSR count). The highest BCUT2D eigenvalue weighted by Crippen LogP contribution is 2.23. The maximum absolute atomic E-state index is 9.45. The average molecular weight is 296 g/mol.